The van der Waals surface area contributed by atoms with Gasteiger partial charge in [-0.3, -0.25) is 24.0 Å². The molecule has 0 radical (unpaired) electrons. The van der Waals surface area contributed by atoms with Gasteiger partial charge in [-0.1, -0.05) is 45.9 Å². The molecule has 0 aliphatic carbocycles. The number of methoxy groups -OCH3 is 4. The van der Waals surface area contributed by atoms with Gasteiger partial charge >= 0.3 is 17.8 Å². The van der Waals surface area contributed by atoms with E-state index >= 15 is 0 Å². The molecule has 0 saturated carbocycles. The number of Topliss-reactive ketones (excluding diaryl/α,β-unsaturated/α-hetero) is 1. The number of carbonyl (C=O) groups is 6. The maximum atomic E-state index is 13.2. The third kappa shape index (κ3) is 17.6. The van der Waals surface area contributed by atoms with E-state index in [4.69, 9.17) is 33.5 Å². The number of rotatable bonds is 31. The largest absolute Gasteiger partial charge is 0.462 e. The van der Waals surface area contributed by atoms with Crippen molar-refractivity contribution in [2.24, 2.45) is 29.4 Å². The molecule has 2 aromatic heterocycles. The van der Waals surface area contributed by atoms with E-state index in [0.717, 1.165) is 0 Å². The second-order valence-corrected chi connectivity index (χ2v) is 15.3. The number of ketones is 2. The van der Waals surface area contributed by atoms with E-state index in [9.17, 15) is 33.9 Å². The Kier molecular flexibility index (Phi) is 23.5. The summed E-state index contributed by atoms with van der Waals surface area (Å²) in [5.74, 6) is -3.95. The zero-order valence-electron chi connectivity index (χ0n) is 37.2. The van der Waals surface area contributed by atoms with Crippen molar-refractivity contribution in [3.63, 3.8) is 0 Å². The minimum atomic E-state index is -1.16. The summed E-state index contributed by atoms with van der Waals surface area (Å²) in [4.78, 5) is 83.1. The van der Waals surface area contributed by atoms with Crippen LogP contribution in [0.5, 0.6) is 0 Å². The average molecular weight is 873 g/mol. The number of aliphatic hydroxyl groups is 1. The Hall–Kier alpha value is -5.30. The number of aliphatic hydroxyl groups excluding tert-OH is 1. The molecule has 344 valence electrons. The van der Waals surface area contributed by atoms with Crippen LogP contribution in [0.15, 0.2) is 57.9 Å². The molecular formula is C44H64N4O14. The topological polar surface area (TPSA) is 250 Å². The Morgan fingerprint density at radius 2 is 1.53 bits per heavy atom. The quantitative estimate of drug-likeness (QED) is 0.0567. The van der Waals surface area contributed by atoms with Crippen LogP contribution in [0.3, 0.4) is 0 Å². The number of primary amides is 1. The molecule has 18 heteroatoms. The van der Waals surface area contributed by atoms with Gasteiger partial charge in [0.1, 0.15) is 36.2 Å². The lowest BCUT2D eigenvalue weighted by Gasteiger charge is -2.31. The van der Waals surface area contributed by atoms with Crippen molar-refractivity contribution in [2.45, 2.75) is 110 Å². The molecule has 0 aliphatic heterocycles. The maximum Gasteiger partial charge on any atom is 0.394 e. The zero-order chi connectivity index (χ0) is 46.4. The van der Waals surface area contributed by atoms with E-state index in [1.807, 2.05) is 20.8 Å². The molecule has 62 heavy (non-hydrogen) atoms. The van der Waals surface area contributed by atoms with Gasteiger partial charge in [-0.2, -0.15) is 4.98 Å². The number of allylic oxidation sites excluding steroid dienone is 2. The number of ether oxygens (including phenoxy) is 5. The summed E-state index contributed by atoms with van der Waals surface area (Å²) in [6.07, 6.45) is 11.1. The fourth-order valence-electron chi connectivity index (χ4n) is 6.63. The number of hydrogen-bond donors (Lipinski definition) is 2. The van der Waals surface area contributed by atoms with Crippen LogP contribution < -0.4 is 5.73 Å². The Balaban J connectivity index is 2.04. The van der Waals surface area contributed by atoms with Crippen LogP contribution in [0.4, 0.5) is 0 Å². The number of nitrogens with zero attached hydrogens (tertiary/aromatic N) is 3. The lowest BCUT2D eigenvalue weighted by Crippen LogP contribution is -2.34. The van der Waals surface area contributed by atoms with Gasteiger partial charge in [0.2, 0.25) is 18.2 Å². The molecule has 0 aliphatic rings. The lowest BCUT2D eigenvalue weighted by molar-refractivity contribution is -0.156. The Labute approximate surface area is 363 Å². The summed E-state index contributed by atoms with van der Waals surface area (Å²) in [6, 6.07) is 0. The highest BCUT2D eigenvalue weighted by atomic mass is 16.6. The highest BCUT2D eigenvalue weighted by molar-refractivity contribution is 5.92. The number of amides is 2. The van der Waals surface area contributed by atoms with E-state index in [1.54, 1.807) is 46.5 Å². The summed E-state index contributed by atoms with van der Waals surface area (Å²) >= 11 is 0. The van der Waals surface area contributed by atoms with Crippen molar-refractivity contribution < 1.29 is 66.4 Å². The smallest absolute Gasteiger partial charge is 0.394 e. The number of oxazole rings is 2. The van der Waals surface area contributed by atoms with Crippen molar-refractivity contribution in [1.29, 1.82) is 0 Å². The van der Waals surface area contributed by atoms with Crippen molar-refractivity contribution in [3.8, 4) is 11.6 Å². The van der Waals surface area contributed by atoms with Gasteiger partial charge < -0.3 is 48.3 Å². The monoisotopic (exact) mass is 872 g/mol. The van der Waals surface area contributed by atoms with Gasteiger partial charge in [0, 0.05) is 53.3 Å². The van der Waals surface area contributed by atoms with Crippen LogP contribution in [0.25, 0.3) is 11.6 Å². The zero-order valence-corrected chi connectivity index (χ0v) is 37.2. The van der Waals surface area contributed by atoms with Gasteiger partial charge in [-0.15, -0.1) is 0 Å². The maximum absolute atomic E-state index is 13.2. The summed E-state index contributed by atoms with van der Waals surface area (Å²) in [5, 5.41) is 10.8. The molecule has 0 fully saturated rings. The van der Waals surface area contributed by atoms with Crippen LogP contribution in [-0.4, -0.2) is 116 Å². The summed E-state index contributed by atoms with van der Waals surface area (Å²) in [5.41, 5.74) is 5.67. The second kappa shape index (κ2) is 27.6. The number of aromatic nitrogens is 2. The molecule has 0 spiro atoms. The standard InChI is InChI=1S/C44H64N4O14/c1-27(14-10-11-18-39(45)53)38(23-37(57-7)28(2)19-20-35(52)29(3)36(56-6)17-13-21-48(5)26-49)62-40(54)22-31(50)15-12-16-34(51)30(4)41(58-8)32-24-60-42(46-32)33-25-61-43(47-33)44(55)59-9/h11-13,16,18,21,24-31,36-38,41,50H,10,14-15,17,19-20,22-23H2,1-9H3,(H2,45,53)/b16-12+,18-11+,21-13+. The van der Waals surface area contributed by atoms with Crippen molar-refractivity contribution >= 4 is 35.8 Å². The van der Waals surface area contributed by atoms with E-state index in [2.05, 4.69) is 14.7 Å². The highest BCUT2D eigenvalue weighted by Crippen LogP contribution is 2.30. The third-order valence-electron chi connectivity index (χ3n) is 10.6. The minimum Gasteiger partial charge on any atom is -0.462 e. The first kappa shape index (κ1) is 52.8. The average Bonchev–Trinajstić information content (AvgIpc) is 3.95. The van der Waals surface area contributed by atoms with E-state index in [1.165, 1.54) is 49.9 Å². The molecule has 0 aromatic carbocycles. The number of esters is 2. The second-order valence-electron chi connectivity index (χ2n) is 15.3. The van der Waals surface area contributed by atoms with E-state index < -0.39 is 48.0 Å². The van der Waals surface area contributed by atoms with Crippen LogP contribution in [0, 0.1) is 23.7 Å². The van der Waals surface area contributed by atoms with Crippen molar-refractivity contribution in [1.82, 2.24) is 14.9 Å². The molecule has 2 heterocycles. The normalized spacial score (nSPS) is 16.3. The Bertz CT molecular complexity index is 1820. The molecule has 2 rings (SSSR count). The number of carbonyl (C=O) groups excluding carboxylic acids is 6. The van der Waals surface area contributed by atoms with Crippen LogP contribution in [-0.2, 0) is 47.7 Å². The molecule has 18 nitrogen and oxygen atoms in total. The van der Waals surface area contributed by atoms with Crippen LogP contribution in [0.2, 0.25) is 0 Å². The molecular weight excluding hydrogens is 808 g/mol. The van der Waals surface area contributed by atoms with Gasteiger partial charge in [-0.25, -0.2) is 9.78 Å². The van der Waals surface area contributed by atoms with E-state index in [-0.39, 0.29) is 72.3 Å². The predicted molar refractivity (Wildman–Crippen MR) is 225 cm³/mol. The molecule has 9 atom stereocenters. The lowest BCUT2D eigenvalue weighted by atomic mass is 9.86. The van der Waals surface area contributed by atoms with E-state index in [0.29, 0.717) is 44.2 Å². The van der Waals surface area contributed by atoms with Crippen molar-refractivity contribution in [2.75, 3.05) is 35.5 Å². The fourth-order valence-corrected chi connectivity index (χ4v) is 6.63. The molecule has 9 unspecified atom stereocenters. The first-order valence-corrected chi connectivity index (χ1v) is 20.5. The van der Waals surface area contributed by atoms with Crippen LogP contribution >= 0.6 is 0 Å². The van der Waals surface area contributed by atoms with Gasteiger partial charge in [0.05, 0.1) is 37.8 Å². The molecule has 2 amide bonds. The number of hydrogen-bond acceptors (Lipinski definition) is 16. The Morgan fingerprint density at radius 1 is 0.839 bits per heavy atom. The summed E-state index contributed by atoms with van der Waals surface area (Å²) < 4.78 is 38.1. The SMILES string of the molecule is COC(=O)c1nc(-c2nc(C(OC)C(C)C(=O)/C=C/CC(O)CC(=O)OC(CC(OC)C(C)CCC(=O)C(C)C(C/C=C/N(C)C=O)OC)C(C)CC/C=C/C(N)=O)co2)co1. The predicted octanol–water partition coefficient (Wildman–Crippen LogP) is 5.11. The molecule has 0 saturated heterocycles. The van der Waals surface area contributed by atoms with Gasteiger partial charge in [-0.05, 0) is 56.1 Å². The molecule has 2 aromatic rings. The van der Waals surface area contributed by atoms with Gasteiger partial charge in [0.25, 0.3) is 0 Å². The molecule has 0 bridgehead atoms. The summed E-state index contributed by atoms with van der Waals surface area (Å²) in [7, 11) is 7.32. The fraction of sp³-hybridized carbons (Fsp3) is 0.591. The number of nitrogens with two attached hydrogens (primary N) is 1. The first-order chi connectivity index (χ1) is 29.5. The molecule has 3 N–H and O–H groups in total. The Morgan fingerprint density at radius 3 is 2.16 bits per heavy atom. The first-order valence-electron chi connectivity index (χ1n) is 20.5. The summed E-state index contributed by atoms with van der Waals surface area (Å²) in [6.45, 7) is 7.34. The van der Waals surface area contributed by atoms with Crippen LogP contribution in [0.1, 0.15) is 102 Å². The van der Waals surface area contributed by atoms with Crippen molar-refractivity contribution in [3.05, 3.63) is 60.7 Å². The van der Waals surface area contributed by atoms with Gasteiger partial charge in [0.15, 0.2) is 11.5 Å². The minimum absolute atomic E-state index is 0.0215. The third-order valence-corrected chi connectivity index (χ3v) is 10.6. The highest BCUT2D eigenvalue weighted by Gasteiger charge is 2.31.